The van der Waals surface area contributed by atoms with Crippen LogP contribution in [-0.4, -0.2) is 22.7 Å². The van der Waals surface area contributed by atoms with Gasteiger partial charge in [0.2, 0.25) is 0 Å². The standard InChI is InChI=1S/C25H19FN2O3S2/c1-16-5-9-19(10-6-16)27-23(29)15-31-21-4-2-3-17(13-21)14-22-24(30)28(25(32)33-22)20-11-7-18(26)8-12-20/h2-14H,15H2,1H3,(H,27,29)/b22-14-. The highest BCUT2D eigenvalue weighted by molar-refractivity contribution is 8.27. The second-order valence-corrected chi connectivity index (χ2v) is 8.94. The molecule has 0 atom stereocenters. The van der Waals surface area contributed by atoms with Crippen LogP contribution in [0.5, 0.6) is 5.75 Å². The largest absolute Gasteiger partial charge is 0.484 e. The van der Waals surface area contributed by atoms with Gasteiger partial charge >= 0.3 is 0 Å². The number of amides is 2. The van der Waals surface area contributed by atoms with Crippen LogP contribution in [0.3, 0.4) is 0 Å². The van der Waals surface area contributed by atoms with E-state index in [0.29, 0.717) is 26.3 Å². The molecule has 0 bridgehead atoms. The molecule has 4 rings (SSSR count). The zero-order valence-corrected chi connectivity index (χ0v) is 19.2. The summed E-state index contributed by atoms with van der Waals surface area (Å²) in [4.78, 5) is 26.9. The first-order chi connectivity index (χ1) is 15.9. The lowest BCUT2D eigenvalue weighted by Gasteiger charge is -2.14. The Kier molecular flexibility index (Phi) is 6.86. The minimum atomic E-state index is -0.385. The molecule has 1 fully saturated rings. The maximum Gasteiger partial charge on any atom is 0.270 e. The Labute approximate surface area is 200 Å². The highest BCUT2D eigenvalue weighted by Crippen LogP contribution is 2.36. The summed E-state index contributed by atoms with van der Waals surface area (Å²) in [7, 11) is 0. The van der Waals surface area contributed by atoms with Crippen molar-refractivity contribution in [1.82, 2.24) is 0 Å². The van der Waals surface area contributed by atoms with E-state index in [1.54, 1.807) is 24.3 Å². The van der Waals surface area contributed by atoms with Gasteiger partial charge < -0.3 is 10.1 Å². The SMILES string of the molecule is Cc1ccc(NC(=O)COc2cccc(/C=C3\SC(=S)N(c4ccc(F)cc4)C3=O)c2)cc1. The summed E-state index contributed by atoms with van der Waals surface area (Å²) >= 11 is 6.52. The van der Waals surface area contributed by atoms with Gasteiger partial charge in [-0.25, -0.2) is 4.39 Å². The van der Waals surface area contributed by atoms with Crippen molar-refractivity contribution in [3.8, 4) is 5.75 Å². The number of carbonyl (C=O) groups is 2. The van der Waals surface area contributed by atoms with Gasteiger partial charge in [-0.05, 0) is 67.1 Å². The molecule has 1 heterocycles. The summed E-state index contributed by atoms with van der Waals surface area (Å²) in [6.45, 7) is 1.83. The smallest absolute Gasteiger partial charge is 0.270 e. The van der Waals surface area contributed by atoms with E-state index in [1.807, 2.05) is 37.3 Å². The molecule has 0 unspecified atom stereocenters. The van der Waals surface area contributed by atoms with Gasteiger partial charge in [-0.15, -0.1) is 0 Å². The van der Waals surface area contributed by atoms with Crippen LogP contribution < -0.4 is 15.0 Å². The molecule has 1 saturated heterocycles. The van der Waals surface area contributed by atoms with E-state index in [2.05, 4.69) is 5.32 Å². The first kappa shape index (κ1) is 22.7. The van der Waals surface area contributed by atoms with Crippen LogP contribution in [0.4, 0.5) is 15.8 Å². The highest BCUT2D eigenvalue weighted by Gasteiger charge is 2.33. The molecule has 8 heteroatoms. The summed E-state index contributed by atoms with van der Waals surface area (Å²) < 4.78 is 19.2. The topological polar surface area (TPSA) is 58.6 Å². The number of ether oxygens (including phenoxy) is 1. The molecular weight excluding hydrogens is 459 g/mol. The third-order valence-electron chi connectivity index (χ3n) is 4.74. The third kappa shape index (κ3) is 5.66. The monoisotopic (exact) mass is 478 g/mol. The van der Waals surface area contributed by atoms with Gasteiger partial charge in [0.15, 0.2) is 10.9 Å². The quantitative estimate of drug-likeness (QED) is 0.371. The van der Waals surface area contributed by atoms with Crippen molar-refractivity contribution in [1.29, 1.82) is 0 Å². The Morgan fingerprint density at radius 2 is 1.85 bits per heavy atom. The Balaban J connectivity index is 1.41. The second-order valence-electron chi connectivity index (χ2n) is 7.27. The summed E-state index contributed by atoms with van der Waals surface area (Å²) in [6.07, 6.45) is 1.71. The van der Waals surface area contributed by atoms with Gasteiger partial charge in [0.05, 0.1) is 10.6 Å². The van der Waals surface area contributed by atoms with Crippen molar-refractivity contribution < 1.29 is 18.7 Å². The number of anilines is 2. The number of halogens is 1. The minimum Gasteiger partial charge on any atom is -0.484 e. The van der Waals surface area contributed by atoms with Gasteiger partial charge in [-0.3, -0.25) is 14.5 Å². The fraction of sp³-hybridized carbons (Fsp3) is 0.0800. The number of thiocarbonyl (C=S) groups is 1. The van der Waals surface area contributed by atoms with Crippen LogP contribution in [0, 0.1) is 12.7 Å². The average molecular weight is 479 g/mol. The van der Waals surface area contributed by atoms with E-state index in [4.69, 9.17) is 17.0 Å². The fourth-order valence-corrected chi connectivity index (χ4v) is 4.41. The van der Waals surface area contributed by atoms with Gasteiger partial charge in [0.25, 0.3) is 11.8 Å². The van der Waals surface area contributed by atoms with Crippen LogP contribution >= 0.6 is 24.0 Å². The zero-order chi connectivity index (χ0) is 23.4. The lowest BCUT2D eigenvalue weighted by molar-refractivity contribution is -0.118. The molecule has 0 aromatic heterocycles. The molecule has 33 heavy (non-hydrogen) atoms. The molecule has 0 saturated carbocycles. The van der Waals surface area contributed by atoms with Crippen molar-refractivity contribution in [3.05, 3.63) is 94.6 Å². The van der Waals surface area contributed by atoms with Crippen LogP contribution in [0.2, 0.25) is 0 Å². The van der Waals surface area contributed by atoms with Crippen molar-refractivity contribution in [2.75, 3.05) is 16.8 Å². The first-order valence-electron chi connectivity index (χ1n) is 10.0. The summed E-state index contributed by atoms with van der Waals surface area (Å²) in [6, 6.07) is 20.2. The molecular formula is C25H19FN2O3S2. The van der Waals surface area contributed by atoms with Crippen molar-refractivity contribution in [2.24, 2.45) is 0 Å². The Morgan fingerprint density at radius 3 is 2.58 bits per heavy atom. The van der Waals surface area contributed by atoms with Crippen LogP contribution in [0.25, 0.3) is 6.08 Å². The van der Waals surface area contributed by atoms with E-state index in [9.17, 15) is 14.0 Å². The molecule has 0 aliphatic carbocycles. The number of thioether (sulfide) groups is 1. The van der Waals surface area contributed by atoms with Crippen molar-refractivity contribution in [2.45, 2.75) is 6.92 Å². The fourth-order valence-electron chi connectivity index (χ4n) is 3.11. The number of nitrogens with one attached hydrogen (secondary N) is 1. The predicted molar refractivity (Wildman–Crippen MR) is 134 cm³/mol. The number of benzene rings is 3. The number of hydrogen-bond acceptors (Lipinski definition) is 5. The van der Waals surface area contributed by atoms with Gasteiger partial charge in [0, 0.05) is 5.69 Å². The Hall–Kier alpha value is -3.49. The molecule has 1 N–H and O–H groups in total. The first-order valence-corrected chi connectivity index (χ1v) is 11.2. The molecule has 5 nitrogen and oxygen atoms in total. The maximum atomic E-state index is 13.2. The lowest BCUT2D eigenvalue weighted by atomic mass is 10.2. The number of carbonyl (C=O) groups excluding carboxylic acids is 2. The number of nitrogens with zero attached hydrogens (tertiary/aromatic N) is 1. The van der Waals surface area contributed by atoms with Gasteiger partial charge in [-0.1, -0.05) is 53.8 Å². The maximum absolute atomic E-state index is 13.2. The molecule has 0 radical (unpaired) electrons. The summed E-state index contributed by atoms with van der Waals surface area (Å²) in [5, 5.41) is 2.78. The summed E-state index contributed by atoms with van der Waals surface area (Å²) in [5.41, 5.74) is 3.05. The molecule has 166 valence electrons. The number of aryl methyl sites for hydroxylation is 1. The second kappa shape index (κ2) is 9.97. The van der Waals surface area contributed by atoms with Crippen molar-refractivity contribution in [3.63, 3.8) is 0 Å². The van der Waals surface area contributed by atoms with E-state index >= 15 is 0 Å². The predicted octanol–water partition coefficient (Wildman–Crippen LogP) is 5.56. The van der Waals surface area contributed by atoms with E-state index in [-0.39, 0.29) is 24.2 Å². The highest BCUT2D eigenvalue weighted by atomic mass is 32.2. The van der Waals surface area contributed by atoms with Gasteiger partial charge in [-0.2, -0.15) is 0 Å². The van der Waals surface area contributed by atoms with Crippen LogP contribution in [0.15, 0.2) is 77.7 Å². The van der Waals surface area contributed by atoms with Crippen LogP contribution in [0.1, 0.15) is 11.1 Å². The van der Waals surface area contributed by atoms with Gasteiger partial charge in [0.1, 0.15) is 11.6 Å². The summed E-state index contributed by atoms with van der Waals surface area (Å²) in [5.74, 6) is -0.439. The van der Waals surface area contributed by atoms with E-state index in [1.165, 1.54) is 40.9 Å². The molecule has 3 aromatic rings. The van der Waals surface area contributed by atoms with E-state index in [0.717, 1.165) is 11.1 Å². The van der Waals surface area contributed by atoms with Crippen molar-refractivity contribution >= 4 is 57.6 Å². The molecule has 2 amide bonds. The minimum absolute atomic E-state index is 0.149. The molecule has 3 aromatic carbocycles. The zero-order valence-electron chi connectivity index (χ0n) is 17.6. The van der Waals surface area contributed by atoms with Crippen LogP contribution in [-0.2, 0) is 9.59 Å². The van der Waals surface area contributed by atoms with E-state index < -0.39 is 0 Å². The Morgan fingerprint density at radius 1 is 1.12 bits per heavy atom. The third-order valence-corrected chi connectivity index (χ3v) is 6.04. The molecule has 1 aliphatic heterocycles. The molecule has 1 aliphatic rings. The number of hydrogen-bond donors (Lipinski definition) is 1. The lowest BCUT2D eigenvalue weighted by Crippen LogP contribution is -2.27. The normalized spacial score (nSPS) is 14.6. The number of rotatable bonds is 6. The molecule has 0 spiro atoms. The Bertz CT molecular complexity index is 1240. The average Bonchev–Trinajstić information content (AvgIpc) is 3.07.